The fraction of sp³-hybridized carbons (Fsp3) is 0.298. The Morgan fingerprint density at radius 1 is 0.387 bits per heavy atom. The van der Waals surface area contributed by atoms with Crippen LogP contribution in [0.4, 0.5) is 0 Å². The van der Waals surface area contributed by atoms with Crippen molar-refractivity contribution in [1.82, 2.24) is 0 Å². The fourth-order valence-corrected chi connectivity index (χ4v) is 18.4. The van der Waals surface area contributed by atoms with Gasteiger partial charge in [-0.2, -0.15) is 0 Å². The van der Waals surface area contributed by atoms with Crippen molar-refractivity contribution in [3.05, 3.63) is 213 Å². The maximum atomic E-state index is 2.59. The zero-order chi connectivity index (χ0) is 42.6. The van der Waals surface area contributed by atoms with Crippen molar-refractivity contribution in [3.63, 3.8) is 0 Å². The first-order valence-corrected chi connectivity index (χ1v) is 24.3. The Morgan fingerprint density at radius 3 is 0.839 bits per heavy atom. The van der Waals surface area contributed by atoms with E-state index in [0.717, 1.165) is 19.3 Å². The van der Waals surface area contributed by atoms with Crippen molar-refractivity contribution in [2.45, 2.75) is 114 Å². The average molecular weight is 930 g/mol. The van der Waals surface area contributed by atoms with Gasteiger partial charge in [0.2, 0.25) is 0 Å². The molecular weight excluding hydrogens is 867 g/mol. The van der Waals surface area contributed by atoms with Gasteiger partial charge < -0.3 is 37.2 Å². The van der Waals surface area contributed by atoms with Crippen molar-refractivity contribution in [2.24, 2.45) is 0 Å². The number of hydrogen-bond donors (Lipinski definition) is 0. The summed E-state index contributed by atoms with van der Waals surface area (Å²) in [5, 5.41) is 4.24. The number of hydrogen-bond acceptors (Lipinski definition) is 0. The summed E-state index contributed by atoms with van der Waals surface area (Å²) < 4.78 is 1.51. The number of rotatable bonds is 10. The molecule has 7 rings (SSSR count). The molecule has 0 aliphatic heterocycles. The summed E-state index contributed by atoms with van der Waals surface area (Å²) in [4.78, 5) is 0. The zero-order valence-electron chi connectivity index (χ0n) is 39.1. The Bertz CT molecular complexity index is 2310. The van der Waals surface area contributed by atoms with Crippen LogP contribution in [0.3, 0.4) is 0 Å². The van der Waals surface area contributed by atoms with Crippen LogP contribution in [0, 0.1) is 62.3 Å². The van der Waals surface area contributed by atoms with E-state index in [2.05, 4.69) is 220 Å². The van der Waals surface area contributed by atoms with Gasteiger partial charge >= 0.3 is 351 Å². The van der Waals surface area contributed by atoms with Crippen molar-refractivity contribution in [2.75, 3.05) is 0 Å². The van der Waals surface area contributed by atoms with Gasteiger partial charge in [-0.25, -0.2) is 0 Å². The van der Waals surface area contributed by atoms with Gasteiger partial charge in [-0.15, -0.1) is 0 Å². The standard InChI is InChI=1S/C57H63Si.3ClH.Ti/c1-36-26-39(4)54(40(5)27-36)32-48-14-20-51(21-15-48)58(57(13)35-45(10)46(11)47(57)12,52-22-16-49(17-23-52)33-55-41(6)28-37(2)29-42(55)7)53-24-18-50(19-25-53)34-56-43(8)30-38(3)31-44(56)9;;;;/h14-31H,32-34H2,1-13H3;3*1H;/q;;;;+3/p-3. The van der Waals surface area contributed by atoms with E-state index in [1.54, 1.807) is 0 Å². The monoisotopic (exact) mass is 928 g/mol. The molecule has 0 amide bonds. The number of allylic oxidation sites excluding steroid dienone is 4. The zero-order valence-corrected chi connectivity index (χ0v) is 44.0. The van der Waals surface area contributed by atoms with Gasteiger partial charge in [-0.1, -0.05) is 0 Å². The Labute approximate surface area is 405 Å². The van der Waals surface area contributed by atoms with Crippen molar-refractivity contribution in [1.29, 1.82) is 0 Å². The third kappa shape index (κ3) is 9.24. The molecule has 320 valence electrons. The summed E-state index contributed by atoms with van der Waals surface area (Å²) in [5.41, 5.74) is 25.2. The molecule has 0 spiro atoms. The van der Waals surface area contributed by atoms with E-state index in [1.807, 2.05) is 0 Å². The molecule has 1 aliphatic carbocycles. The minimum absolute atomic E-state index is 0. The van der Waals surface area contributed by atoms with Crippen LogP contribution < -0.4 is 52.8 Å². The van der Waals surface area contributed by atoms with Crippen molar-refractivity contribution in [3.8, 4) is 0 Å². The molecule has 5 heteroatoms. The number of aryl methyl sites for hydroxylation is 9. The van der Waals surface area contributed by atoms with Gasteiger partial charge in [0.1, 0.15) is 0 Å². The maximum Gasteiger partial charge on any atom is -1.00 e. The largest absolute Gasteiger partial charge is 1.00 e. The summed E-state index contributed by atoms with van der Waals surface area (Å²) in [6.07, 6.45) is 2.83. The Morgan fingerprint density at radius 2 is 0.629 bits per heavy atom. The third-order valence-corrected chi connectivity index (χ3v) is 21.8. The van der Waals surface area contributed by atoms with E-state index < -0.39 is 8.07 Å². The number of benzene rings is 6. The third-order valence-electron chi connectivity index (χ3n) is 14.3. The van der Waals surface area contributed by atoms with Crippen molar-refractivity contribution < 1.29 is 57.7 Å². The molecule has 0 heterocycles. The van der Waals surface area contributed by atoms with E-state index in [0.29, 0.717) is 0 Å². The van der Waals surface area contributed by atoms with E-state index in [-0.39, 0.29) is 42.3 Å². The summed E-state index contributed by atoms with van der Waals surface area (Å²) in [6, 6.07) is 43.8. The van der Waals surface area contributed by atoms with Gasteiger partial charge in [-0.05, 0) is 20.8 Å². The minimum atomic E-state index is -2.87. The van der Waals surface area contributed by atoms with Crippen LogP contribution in [0.15, 0.2) is 130 Å². The molecule has 62 heavy (non-hydrogen) atoms. The molecule has 0 saturated heterocycles. The quantitative estimate of drug-likeness (QED) is 0.146. The summed E-state index contributed by atoms with van der Waals surface area (Å²) in [5.74, 6) is 0. The average Bonchev–Trinajstić information content (AvgIpc) is 3.33. The fourth-order valence-electron chi connectivity index (χ4n) is 10.9. The topological polar surface area (TPSA) is 0 Å². The Balaban J connectivity index is 0.00000282. The second-order valence-electron chi connectivity index (χ2n) is 18.4. The van der Waals surface area contributed by atoms with Gasteiger partial charge in [0.15, 0.2) is 0 Å². The summed E-state index contributed by atoms with van der Waals surface area (Å²) in [7, 11) is -2.87. The molecule has 0 N–H and O–H groups in total. The minimum Gasteiger partial charge on any atom is -1.00 e. The molecule has 0 radical (unpaired) electrons. The second-order valence-corrected chi connectivity index (χ2v) is 23.4. The van der Waals surface area contributed by atoms with E-state index in [1.165, 1.54) is 120 Å². The molecule has 1 atom stereocenters. The normalized spacial score (nSPS) is 15.0. The smallest absolute Gasteiger partial charge is 1.00 e. The molecule has 0 bridgehead atoms. The van der Waals surface area contributed by atoms with Crippen LogP contribution >= 0.6 is 0 Å². The van der Waals surface area contributed by atoms with Crippen LogP contribution in [0.1, 0.15) is 111 Å². The molecule has 6 aromatic rings. The molecule has 0 fully saturated rings. The van der Waals surface area contributed by atoms with Crippen LogP contribution in [-0.2, 0) is 39.7 Å². The van der Waals surface area contributed by atoms with Crippen LogP contribution in [0.2, 0.25) is 5.04 Å². The Kier molecular flexibility index (Phi) is 16.7. The molecule has 1 unspecified atom stereocenters. The van der Waals surface area contributed by atoms with Crippen LogP contribution in [0.5, 0.6) is 0 Å². The van der Waals surface area contributed by atoms with E-state index in [4.69, 9.17) is 0 Å². The van der Waals surface area contributed by atoms with Gasteiger partial charge in [0.25, 0.3) is 0 Å². The molecule has 0 nitrogen and oxygen atoms in total. The SMILES string of the molecule is CC1=C(C)C(C)([Si](c2ccc(Cc3c(C)cc(C)cc3C)cc2)(c2ccc(Cc3c(C)cc(C)cc3C)cc2)c2ccc(Cc3c(C)cc(C)cc3C)cc2)[C]([Ti+3])=C1C.[Cl-].[Cl-].[Cl-]. The molecule has 6 aromatic carbocycles. The molecule has 0 saturated carbocycles. The molecule has 0 aromatic heterocycles. The summed E-state index contributed by atoms with van der Waals surface area (Å²) >= 11 is 2.43. The van der Waals surface area contributed by atoms with Gasteiger partial charge in [0, 0.05) is 0 Å². The van der Waals surface area contributed by atoms with E-state index >= 15 is 0 Å². The predicted molar refractivity (Wildman–Crippen MR) is 254 cm³/mol. The number of halogens is 3. The predicted octanol–water partition coefficient (Wildman–Crippen LogP) is 3.65. The van der Waals surface area contributed by atoms with Crippen LogP contribution in [0.25, 0.3) is 0 Å². The van der Waals surface area contributed by atoms with E-state index in [9.17, 15) is 0 Å². The molecule has 1 aliphatic rings. The van der Waals surface area contributed by atoms with Gasteiger partial charge in [-0.3, -0.25) is 0 Å². The maximum absolute atomic E-state index is 2.87. The van der Waals surface area contributed by atoms with Gasteiger partial charge in [0.05, 0.1) is 0 Å². The second kappa shape index (κ2) is 20.2. The first-order chi connectivity index (χ1) is 27.9. The van der Waals surface area contributed by atoms with Crippen LogP contribution in [-0.4, -0.2) is 8.07 Å². The molecular formula is C57H63Cl3SiTi. The van der Waals surface area contributed by atoms with Crippen molar-refractivity contribution >= 4 is 23.6 Å². The first-order valence-electron chi connectivity index (χ1n) is 21.5. The first kappa shape index (κ1) is 51.2. The summed E-state index contributed by atoms with van der Waals surface area (Å²) in [6.45, 7) is 30.0. The Hall–Kier alpha value is -3.40.